The molecule has 1 aromatic heterocycles. The van der Waals surface area contributed by atoms with Gasteiger partial charge < -0.3 is 4.57 Å². The van der Waals surface area contributed by atoms with Crippen LogP contribution in [0.25, 0.3) is 0 Å². The molecular formula is C18H22N2O3S. The maximum atomic E-state index is 12.4. The summed E-state index contributed by atoms with van der Waals surface area (Å²) < 4.78 is 29.0. The summed E-state index contributed by atoms with van der Waals surface area (Å²) in [4.78, 5) is 11.9. The lowest BCUT2D eigenvalue weighted by Crippen LogP contribution is -2.27. The van der Waals surface area contributed by atoms with E-state index >= 15 is 0 Å². The molecule has 0 amide bonds. The average molecular weight is 346 g/mol. The molecule has 0 saturated heterocycles. The Balaban J connectivity index is 1.60. The molecule has 1 heterocycles. The van der Waals surface area contributed by atoms with Crippen molar-refractivity contribution < 1.29 is 8.42 Å². The molecule has 0 aliphatic heterocycles. The number of aromatic nitrogens is 1. The topological polar surface area (TPSA) is 68.2 Å². The van der Waals surface area contributed by atoms with Crippen LogP contribution < -0.4 is 10.3 Å². The van der Waals surface area contributed by atoms with Crippen LogP contribution >= 0.6 is 0 Å². The number of sulfonamides is 1. The lowest BCUT2D eigenvalue weighted by atomic mass is 9.92. The number of hydrogen-bond donors (Lipinski definition) is 1. The van der Waals surface area contributed by atoms with E-state index in [1.54, 1.807) is 35.0 Å². The van der Waals surface area contributed by atoms with Crippen LogP contribution in [0.2, 0.25) is 0 Å². The Kier molecular flexibility index (Phi) is 5.16. The number of fused-ring (bicyclic) bond motifs is 1. The van der Waals surface area contributed by atoms with Gasteiger partial charge in [0.05, 0.1) is 4.90 Å². The predicted molar refractivity (Wildman–Crippen MR) is 93.6 cm³/mol. The van der Waals surface area contributed by atoms with E-state index in [1.807, 2.05) is 6.07 Å². The number of aryl methyl sites for hydroxylation is 3. The molecule has 1 aliphatic carbocycles. The highest BCUT2D eigenvalue weighted by atomic mass is 32.2. The fourth-order valence-corrected chi connectivity index (χ4v) is 4.19. The Morgan fingerprint density at radius 2 is 1.83 bits per heavy atom. The van der Waals surface area contributed by atoms with Crippen molar-refractivity contribution in [2.24, 2.45) is 0 Å². The summed E-state index contributed by atoms with van der Waals surface area (Å²) in [6.45, 7) is 0.799. The first-order valence-electron chi connectivity index (χ1n) is 8.33. The van der Waals surface area contributed by atoms with Gasteiger partial charge in [-0.3, -0.25) is 4.79 Å². The maximum absolute atomic E-state index is 12.4. The normalized spacial score (nSPS) is 14.3. The third-order valence-corrected chi connectivity index (χ3v) is 5.86. The standard InChI is InChI=1S/C18H22N2O3S/c21-18-8-3-4-12-20(18)13-5-11-19-24(22,23)17-10-9-15-6-1-2-7-16(15)14-17/h3-4,8-10,12,14,19H,1-2,5-7,11,13H2. The van der Waals surface area contributed by atoms with Crippen molar-refractivity contribution in [3.63, 3.8) is 0 Å². The predicted octanol–water partition coefficient (Wildman–Crippen LogP) is 2.10. The van der Waals surface area contributed by atoms with E-state index in [2.05, 4.69) is 4.72 Å². The van der Waals surface area contributed by atoms with Gasteiger partial charge in [-0.25, -0.2) is 13.1 Å². The van der Waals surface area contributed by atoms with E-state index in [4.69, 9.17) is 0 Å². The lowest BCUT2D eigenvalue weighted by molar-refractivity contribution is 0.566. The van der Waals surface area contributed by atoms with Crippen LogP contribution in [0.4, 0.5) is 0 Å². The zero-order valence-electron chi connectivity index (χ0n) is 13.6. The Morgan fingerprint density at radius 1 is 1.04 bits per heavy atom. The van der Waals surface area contributed by atoms with Crippen molar-refractivity contribution in [3.8, 4) is 0 Å². The molecule has 1 aromatic carbocycles. The van der Waals surface area contributed by atoms with Gasteiger partial charge in [-0.15, -0.1) is 0 Å². The molecule has 0 spiro atoms. The van der Waals surface area contributed by atoms with E-state index in [1.165, 1.54) is 18.1 Å². The smallest absolute Gasteiger partial charge is 0.250 e. The van der Waals surface area contributed by atoms with Gasteiger partial charge in [-0.05, 0) is 61.4 Å². The van der Waals surface area contributed by atoms with Crippen LogP contribution in [-0.2, 0) is 29.4 Å². The quantitative estimate of drug-likeness (QED) is 0.815. The fraction of sp³-hybridized carbons (Fsp3) is 0.389. The van der Waals surface area contributed by atoms with Crippen LogP contribution in [-0.4, -0.2) is 19.5 Å². The van der Waals surface area contributed by atoms with Crippen LogP contribution in [0.3, 0.4) is 0 Å². The third kappa shape index (κ3) is 3.94. The SMILES string of the molecule is O=c1ccccn1CCCNS(=O)(=O)c1ccc2c(c1)CCCC2. The number of nitrogens with zero attached hydrogens (tertiary/aromatic N) is 1. The largest absolute Gasteiger partial charge is 0.315 e. The molecule has 2 aromatic rings. The van der Waals surface area contributed by atoms with Crippen molar-refractivity contribution >= 4 is 10.0 Å². The van der Waals surface area contributed by atoms with Gasteiger partial charge in [0.2, 0.25) is 15.6 Å². The summed E-state index contributed by atoms with van der Waals surface area (Å²) in [5, 5.41) is 0. The second-order valence-electron chi connectivity index (χ2n) is 6.12. The summed E-state index contributed by atoms with van der Waals surface area (Å²) >= 11 is 0. The van der Waals surface area contributed by atoms with E-state index < -0.39 is 10.0 Å². The summed E-state index contributed by atoms with van der Waals surface area (Å²) in [5.74, 6) is 0. The van der Waals surface area contributed by atoms with Gasteiger partial charge in [-0.1, -0.05) is 12.1 Å². The molecule has 1 aliphatic rings. The number of nitrogens with one attached hydrogen (secondary N) is 1. The number of hydrogen-bond acceptors (Lipinski definition) is 3. The van der Waals surface area contributed by atoms with E-state index in [-0.39, 0.29) is 5.56 Å². The first kappa shape index (κ1) is 16.9. The second kappa shape index (κ2) is 7.32. The van der Waals surface area contributed by atoms with Gasteiger partial charge >= 0.3 is 0 Å². The zero-order valence-corrected chi connectivity index (χ0v) is 14.4. The Bertz CT molecular complexity index is 872. The molecule has 6 heteroatoms. The molecule has 5 nitrogen and oxygen atoms in total. The first-order chi connectivity index (χ1) is 11.6. The molecule has 0 radical (unpaired) electrons. The highest BCUT2D eigenvalue weighted by Crippen LogP contribution is 2.23. The molecule has 128 valence electrons. The minimum absolute atomic E-state index is 0.0740. The molecule has 3 rings (SSSR count). The first-order valence-corrected chi connectivity index (χ1v) is 9.81. The van der Waals surface area contributed by atoms with Crippen molar-refractivity contribution in [1.29, 1.82) is 0 Å². The number of rotatable bonds is 6. The second-order valence-corrected chi connectivity index (χ2v) is 7.89. The summed E-state index contributed by atoms with van der Waals surface area (Å²) in [5.41, 5.74) is 2.35. The van der Waals surface area contributed by atoms with Crippen molar-refractivity contribution in [1.82, 2.24) is 9.29 Å². The minimum Gasteiger partial charge on any atom is -0.315 e. The maximum Gasteiger partial charge on any atom is 0.250 e. The molecule has 0 fully saturated rings. The minimum atomic E-state index is -3.50. The molecule has 0 unspecified atom stereocenters. The summed E-state index contributed by atoms with van der Waals surface area (Å²) in [6.07, 6.45) is 6.56. The van der Waals surface area contributed by atoms with Crippen LogP contribution in [0.5, 0.6) is 0 Å². The Labute approximate surface area is 142 Å². The molecule has 0 saturated carbocycles. The van der Waals surface area contributed by atoms with E-state index in [0.29, 0.717) is 24.4 Å². The fourth-order valence-electron chi connectivity index (χ4n) is 3.06. The van der Waals surface area contributed by atoms with E-state index in [9.17, 15) is 13.2 Å². The summed E-state index contributed by atoms with van der Waals surface area (Å²) in [7, 11) is -3.50. The van der Waals surface area contributed by atoms with Gasteiger partial charge in [0.1, 0.15) is 0 Å². The number of benzene rings is 1. The third-order valence-electron chi connectivity index (χ3n) is 4.40. The van der Waals surface area contributed by atoms with Crippen molar-refractivity contribution in [2.75, 3.05) is 6.54 Å². The van der Waals surface area contributed by atoms with Crippen molar-refractivity contribution in [3.05, 3.63) is 64.1 Å². The van der Waals surface area contributed by atoms with Crippen LogP contribution in [0.15, 0.2) is 52.3 Å². The van der Waals surface area contributed by atoms with E-state index in [0.717, 1.165) is 24.8 Å². The van der Waals surface area contributed by atoms with Crippen LogP contribution in [0.1, 0.15) is 30.4 Å². The summed E-state index contributed by atoms with van der Waals surface area (Å²) in [6, 6.07) is 10.4. The van der Waals surface area contributed by atoms with Gasteiger partial charge in [0, 0.05) is 25.4 Å². The molecule has 0 bridgehead atoms. The highest BCUT2D eigenvalue weighted by molar-refractivity contribution is 7.89. The monoisotopic (exact) mass is 346 g/mol. The van der Waals surface area contributed by atoms with Gasteiger partial charge in [0.15, 0.2) is 0 Å². The van der Waals surface area contributed by atoms with Crippen molar-refractivity contribution in [2.45, 2.75) is 43.5 Å². The average Bonchev–Trinajstić information content (AvgIpc) is 2.59. The highest BCUT2D eigenvalue weighted by Gasteiger charge is 2.17. The Hall–Kier alpha value is -1.92. The van der Waals surface area contributed by atoms with Gasteiger partial charge in [0.25, 0.3) is 0 Å². The molecule has 24 heavy (non-hydrogen) atoms. The zero-order chi connectivity index (χ0) is 17.0. The lowest BCUT2D eigenvalue weighted by Gasteiger charge is -2.16. The molecule has 0 atom stereocenters. The molecular weight excluding hydrogens is 324 g/mol. The number of pyridine rings is 1. The Morgan fingerprint density at radius 3 is 2.62 bits per heavy atom. The van der Waals surface area contributed by atoms with Gasteiger partial charge in [-0.2, -0.15) is 0 Å². The molecule has 1 N–H and O–H groups in total. The van der Waals surface area contributed by atoms with Crippen LogP contribution in [0, 0.1) is 0 Å².